The number of nitrogens with zero attached hydrogens (tertiary/aromatic N) is 5. The van der Waals surface area contributed by atoms with Crippen molar-refractivity contribution in [2.45, 2.75) is 27.7 Å². The van der Waals surface area contributed by atoms with Crippen LogP contribution in [0.2, 0.25) is 0 Å². The van der Waals surface area contributed by atoms with Gasteiger partial charge in [-0.2, -0.15) is 0 Å². The molecule has 146 valence electrons. The van der Waals surface area contributed by atoms with Gasteiger partial charge in [-0.1, -0.05) is 27.7 Å². The van der Waals surface area contributed by atoms with Crippen molar-refractivity contribution < 1.29 is 4.74 Å². The van der Waals surface area contributed by atoms with E-state index in [0.29, 0.717) is 0 Å². The van der Waals surface area contributed by atoms with Crippen LogP contribution in [0.1, 0.15) is 27.7 Å². The largest absolute Gasteiger partial charge is 0.379 e. The van der Waals surface area contributed by atoms with Gasteiger partial charge in [-0.3, -0.25) is 0 Å². The van der Waals surface area contributed by atoms with E-state index >= 15 is 0 Å². The Hall–Kier alpha value is -0.670. The Morgan fingerprint density at radius 2 is 1.54 bits per heavy atom. The number of likely N-dealkylation sites (N-methyl/N-ethyl adjacent to an activating group) is 1. The molecule has 1 aromatic heterocycles. The SMILES string of the molecule is CN1CCN(c2cc(N3CCOCC(C)(C)C3)nc(I)n2)CC(C)(C)C1. The summed E-state index contributed by atoms with van der Waals surface area (Å²) >= 11 is 2.25. The molecule has 0 N–H and O–H groups in total. The van der Waals surface area contributed by atoms with Crippen LogP contribution in [-0.2, 0) is 4.74 Å². The minimum Gasteiger partial charge on any atom is -0.379 e. The Bertz CT molecular complexity index is 636. The van der Waals surface area contributed by atoms with Gasteiger partial charge in [0, 0.05) is 73.3 Å². The van der Waals surface area contributed by atoms with Gasteiger partial charge in [0.1, 0.15) is 11.6 Å². The molecule has 0 unspecified atom stereocenters. The maximum absolute atomic E-state index is 5.79. The van der Waals surface area contributed by atoms with E-state index in [0.717, 1.165) is 67.9 Å². The molecule has 2 saturated heterocycles. The Kier molecular flexibility index (Phi) is 5.99. The van der Waals surface area contributed by atoms with Crippen LogP contribution in [0.4, 0.5) is 11.6 Å². The molecule has 0 radical (unpaired) electrons. The van der Waals surface area contributed by atoms with Gasteiger partial charge in [-0.05, 0) is 12.5 Å². The van der Waals surface area contributed by atoms with Gasteiger partial charge in [0.15, 0.2) is 3.83 Å². The first kappa shape index (κ1) is 20.1. The first-order valence-electron chi connectivity index (χ1n) is 9.44. The zero-order chi connectivity index (χ0) is 18.9. The number of rotatable bonds is 2. The van der Waals surface area contributed by atoms with Crippen LogP contribution in [0.15, 0.2) is 6.07 Å². The summed E-state index contributed by atoms with van der Waals surface area (Å²) in [6.45, 7) is 16.7. The lowest BCUT2D eigenvalue weighted by atomic mass is 9.93. The van der Waals surface area contributed by atoms with Gasteiger partial charge in [0.05, 0.1) is 13.2 Å². The topological polar surface area (TPSA) is 44.7 Å². The molecule has 26 heavy (non-hydrogen) atoms. The van der Waals surface area contributed by atoms with E-state index in [9.17, 15) is 0 Å². The van der Waals surface area contributed by atoms with Crippen molar-refractivity contribution >= 4 is 34.2 Å². The highest BCUT2D eigenvalue weighted by atomic mass is 127. The number of anilines is 2. The second-order valence-corrected chi connectivity index (χ2v) is 10.3. The van der Waals surface area contributed by atoms with Crippen LogP contribution >= 0.6 is 22.6 Å². The van der Waals surface area contributed by atoms with Crippen molar-refractivity contribution in [3.05, 3.63) is 9.90 Å². The van der Waals surface area contributed by atoms with Crippen LogP contribution in [0, 0.1) is 14.7 Å². The first-order valence-corrected chi connectivity index (χ1v) is 10.5. The molecule has 0 bridgehead atoms. The summed E-state index contributed by atoms with van der Waals surface area (Å²) in [5.41, 5.74) is 0.362. The van der Waals surface area contributed by atoms with E-state index in [4.69, 9.17) is 14.7 Å². The normalized spacial score (nSPS) is 24.2. The van der Waals surface area contributed by atoms with Crippen molar-refractivity contribution in [1.82, 2.24) is 14.9 Å². The van der Waals surface area contributed by atoms with Crippen molar-refractivity contribution in [3.63, 3.8) is 0 Å². The fourth-order valence-corrected chi connectivity index (χ4v) is 4.51. The zero-order valence-electron chi connectivity index (χ0n) is 16.8. The predicted molar refractivity (Wildman–Crippen MR) is 115 cm³/mol. The second kappa shape index (κ2) is 7.75. The third-order valence-electron chi connectivity index (χ3n) is 5.01. The monoisotopic (exact) mass is 473 g/mol. The maximum Gasteiger partial charge on any atom is 0.194 e. The minimum absolute atomic E-state index is 0.125. The summed E-state index contributed by atoms with van der Waals surface area (Å²) in [5.74, 6) is 2.07. The fourth-order valence-electron chi connectivity index (χ4n) is 4.02. The quantitative estimate of drug-likeness (QED) is 0.487. The van der Waals surface area contributed by atoms with Crippen LogP contribution in [0.25, 0.3) is 0 Å². The molecule has 2 aliphatic heterocycles. The van der Waals surface area contributed by atoms with Gasteiger partial charge in [0.25, 0.3) is 0 Å². The number of ether oxygens (including phenoxy) is 1. The lowest BCUT2D eigenvalue weighted by molar-refractivity contribution is 0.0893. The van der Waals surface area contributed by atoms with Gasteiger partial charge < -0.3 is 19.4 Å². The molecule has 6 nitrogen and oxygen atoms in total. The van der Waals surface area contributed by atoms with E-state index in [1.165, 1.54) is 0 Å². The van der Waals surface area contributed by atoms with Crippen molar-refractivity contribution in [3.8, 4) is 0 Å². The summed E-state index contributed by atoms with van der Waals surface area (Å²) in [6, 6.07) is 2.17. The number of aromatic nitrogens is 2. The summed E-state index contributed by atoms with van der Waals surface area (Å²) in [5, 5.41) is 0. The van der Waals surface area contributed by atoms with Gasteiger partial charge in [0.2, 0.25) is 0 Å². The van der Waals surface area contributed by atoms with E-state index < -0.39 is 0 Å². The lowest BCUT2D eigenvalue weighted by Gasteiger charge is -2.32. The molecule has 0 aromatic carbocycles. The molecule has 0 spiro atoms. The number of halogens is 1. The zero-order valence-corrected chi connectivity index (χ0v) is 18.9. The fraction of sp³-hybridized carbons (Fsp3) is 0.789. The standard InChI is InChI=1S/C19H32IN5O/c1-18(2)11-23(5)6-7-24(12-18)15-10-16(22-17(20)21-15)25-8-9-26-14-19(3,4)13-25/h10H,6-9,11-14H2,1-5H3. The van der Waals surface area contributed by atoms with Crippen molar-refractivity contribution in [2.75, 3.05) is 69.3 Å². The summed E-state index contributed by atoms with van der Waals surface area (Å²) in [4.78, 5) is 16.7. The minimum atomic E-state index is 0.125. The second-order valence-electron chi connectivity index (χ2n) is 9.32. The molecule has 3 rings (SSSR count). The molecule has 2 aliphatic rings. The first-order chi connectivity index (χ1) is 12.1. The molecule has 0 saturated carbocycles. The maximum atomic E-state index is 5.79. The van der Waals surface area contributed by atoms with Crippen LogP contribution < -0.4 is 9.80 Å². The molecular formula is C19H32IN5O. The highest BCUT2D eigenvalue weighted by molar-refractivity contribution is 14.1. The van der Waals surface area contributed by atoms with E-state index in [-0.39, 0.29) is 10.8 Å². The molecule has 2 fully saturated rings. The Morgan fingerprint density at radius 1 is 0.923 bits per heavy atom. The van der Waals surface area contributed by atoms with E-state index in [1.54, 1.807) is 0 Å². The number of hydrogen-bond donors (Lipinski definition) is 0. The number of hydrogen-bond acceptors (Lipinski definition) is 6. The Balaban J connectivity index is 1.87. The molecule has 7 heteroatoms. The van der Waals surface area contributed by atoms with Crippen molar-refractivity contribution in [2.24, 2.45) is 10.8 Å². The predicted octanol–water partition coefficient (Wildman–Crippen LogP) is 2.72. The lowest BCUT2D eigenvalue weighted by Crippen LogP contribution is -2.37. The smallest absolute Gasteiger partial charge is 0.194 e. The molecular weight excluding hydrogens is 441 g/mol. The highest BCUT2D eigenvalue weighted by Crippen LogP contribution is 2.29. The Labute approximate surface area is 171 Å². The summed E-state index contributed by atoms with van der Waals surface area (Å²) < 4.78 is 6.60. The van der Waals surface area contributed by atoms with Gasteiger partial charge >= 0.3 is 0 Å². The van der Waals surface area contributed by atoms with E-state index in [2.05, 4.69) is 78.1 Å². The molecule has 0 atom stereocenters. The average Bonchev–Trinajstić information content (AvgIpc) is 2.78. The van der Waals surface area contributed by atoms with Crippen LogP contribution in [0.5, 0.6) is 0 Å². The third kappa shape index (κ3) is 5.19. The van der Waals surface area contributed by atoms with Crippen LogP contribution in [-0.4, -0.2) is 74.4 Å². The van der Waals surface area contributed by atoms with Gasteiger partial charge in [-0.25, -0.2) is 9.97 Å². The molecule has 0 amide bonds. The molecule has 3 heterocycles. The molecule has 1 aromatic rings. The highest BCUT2D eigenvalue weighted by Gasteiger charge is 2.30. The van der Waals surface area contributed by atoms with Crippen molar-refractivity contribution in [1.29, 1.82) is 0 Å². The summed E-state index contributed by atoms with van der Waals surface area (Å²) in [6.07, 6.45) is 0. The van der Waals surface area contributed by atoms with Crippen LogP contribution in [0.3, 0.4) is 0 Å². The summed E-state index contributed by atoms with van der Waals surface area (Å²) in [7, 11) is 2.21. The van der Waals surface area contributed by atoms with E-state index in [1.807, 2.05) is 0 Å². The Morgan fingerprint density at radius 3 is 2.23 bits per heavy atom. The van der Waals surface area contributed by atoms with Gasteiger partial charge in [-0.15, -0.1) is 0 Å². The average molecular weight is 473 g/mol. The molecule has 0 aliphatic carbocycles. The third-order valence-corrected chi connectivity index (χ3v) is 5.49.